The van der Waals surface area contributed by atoms with Crippen LogP contribution in [0.3, 0.4) is 0 Å². The van der Waals surface area contributed by atoms with Gasteiger partial charge in [-0.25, -0.2) is 0 Å². The second-order valence-corrected chi connectivity index (χ2v) is 2.52. The number of nitrogens with two attached hydrogens (primary N) is 1. The first kappa shape index (κ1) is 15.3. The van der Waals surface area contributed by atoms with Gasteiger partial charge in [-0.15, -0.1) is 0 Å². The van der Waals surface area contributed by atoms with Crippen LogP contribution in [0, 0.1) is 0 Å². The lowest BCUT2D eigenvalue weighted by Gasteiger charge is -2.30. The molecule has 1 fully saturated rings. The number of aliphatic hydroxyl groups excluding tert-OH is 2. The Bertz CT molecular complexity index is 90.9. The molecular weight excluding hydrogens is 170 g/mol. The Labute approximate surface area is 80.7 Å². The van der Waals surface area contributed by atoms with Crippen LogP contribution in [-0.4, -0.2) is 42.2 Å². The molecule has 82 valence electrons. The van der Waals surface area contributed by atoms with E-state index in [0.717, 1.165) is 13.5 Å². The molecule has 1 saturated heterocycles. The molecule has 0 bridgehead atoms. The average Bonchev–Trinajstić information content (AvgIpc) is 2.20. The number of rotatable bonds is 0. The highest BCUT2D eigenvalue weighted by Crippen LogP contribution is 2.11. The predicted octanol–water partition coefficient (Wildman–Crippen LogP) is 0.118. The molecule has 0 aliphatic carbocycles. The fourth-order valence-corrected chi connectivity index (χ4v) is 1.01. The van der Waals surface area contributed by atoms with E-state index in [2.05, 4.69) is 0 Å². The zero-order valence-electron chi connectivity index (χ0n) is 9.03. The van der Waals surface area contributed by atoms with Gasteiger partial charge in [0.25, 0.3) is 0 Å². The summed E-state index contributed by atoms with van der Waals surface area (Å²) in [5.74, 6) is 0. The molecule has 13 heavy (non-hydrogen) atoms. The first-order valence-corrected chi connectivity index (χ1v) is 4.72. The lowest BCUT2D eigenvalue weighted by molar-refractivity contribution is -0.0739. The van der Waals surface area contributed by atoms with Crippen LogP contribution in [0.2, 0.25) is 0 Å². The van der Waals surface area contributed by atoms with Gasteiger partial charge in [-0.1, -0.05) is 13.8 Å². The van der Waals surface area contributed by atoms with Crippen molar-refractivity contribution in [2.45, 2.75) is 45.4 Å². The molecule has 3 unspecified atom stereocenters. The molecule has 4 nitrogen and oxygen atoms in total. The van der Waals surface area contributed by atoms with Crippen LogP contribution >= 0.6 is 0 Å². The van der Waals surface area contributed by atoms with Gasteiger partial charge in [-0.2, -0.15) is 0 Å². The molecule has 1 aliphatic rings. The maximum Gasteiger partial charge on any atom is 0.0950 e. The molecule has 4 heteroatoms. The van der Waals surface area contributed by atoms with E-state index in [1.807, 2.05) is 20.8 Å². The number of hydrogen-bond acceptors (Lipinski definition) is 4. The number of aliphatic hydroxyl groups is 2. The minimum absolute atomic E-state index is 0.0891. The van der Waals surface area contributed by atoms with E-state index in [9.17, 15) is 5.11 Å². The van der Waals surface area contributed by atoms with Crippen molar-refractivity contribution in [1.29, 1.82) is 0 Å². The van der Waals surface area contributed by atoms with Gasteiger partial charge in [0, 0.05) is 19.8 Å². The molecular formula is C9H23NO3. The van der Waals surface area contributed by atoms with Gasteiger partial charge in [-0.3, -0.25) is 0 Å². The molecule has 1 heterocycles. The molecule has 0 aromatic carbocycles. The van der Waals surface area contributed by atoms with E-state index in [4.69, 9.17) is 15.6 Å². The van der Waals surface area contributed by atoms with Crippen molar-refractivity contribution in [3.63, 3.8) is 0 Å². The predicted molar refractivity (Wildman–Crippen MR) is 53.5 cm³/mol. The number of ether oxygens (including phenoxy) is 1. The minimum atomic E-state index is -0.473. The Kier molecular flexibility index (Phi) is 11.7. The van der Waals surface area contributed by atoms with Crippen molar-refractivity contribution >= 4 is 0 Å². The van der Waals surface area contributed by atoms with Crippen LogP contribution in [0.25, 0.3) is 0 Å². The average molecular weight is 193 g/mol. The van der Waals surface area contributed by atoms with Crippen LogP contribution in [0.1, 0.15) is 27.2 Å². The van der Waals surface area contributed by atoms with Gasteiger partial charge in [-0.05, 0) is 13.3 Å². The van der Waals surface area contributed by atoms with Gasteiger partial charge < -0.3 is 20.7 Å². The first-order valence-electron chi connectivity index (χ1n) is 4.72. The summed E-state index contributed by atoms with van der Waals surface area (Å²) >= 11 is 0. The third kappa shape index (κ3) is 5.99. The Hall–Kier alpha value is -0.160. The van der Waals surface area contributed by atoms with E-state index in [1.54, 1.807) is 0 Å². The van der Waals surface area contributed by atoms with Crippen LogP contribution < -0.4 is 5.73 Å². The second-order valence-electron chi connectivity index (χ2n) is 2.52. The van der Waals surface area contributed by atoms with E-state index in [1.165, 1.54) is 0 Å². The fourth-order valence-electron chi connectivity index (χ4n) is 1.01. The van der Waals surface area contributed by atoms with Crippen molar-refractivity contribution in [1.82, 2.24) is 0 Å². The highest BCUT2D eigenvalue weighted by atomic mass is 16.5. The standard InChI is InChI=1S/C6H13NO2.C2H6.CH4O/c1-4-6(8)5(7)2-3-9-4;2*1-2/h4-6,8H,2-3,7H2,1H3;1-2H3;2H,1H3. The topological polar surface area (TPSA) is 75.7 Å². The van der Waals surface area contributed by atoms with Crippen molar-refractivity contribution in [2.75, 3.05) is 13.7 Å². The summed E-state index contributed by atoms with van der Waals surface area (Å²) in [7, 11) is 1.00. The quantitative estimate of drug-likeness (QED) is 0.510. The Balaban J connectivity index is 0. The molecule has 0 spiro atoms. The molecule has 4 N–H and O–H groups in total. The zero-order chi connectivity index (χ0) is 10.9. The Morgan fingerprint density at radius 3 is 2.08 bits per heavy atom. The lowest BCUT2D eigenvalue weighted by Crippen LogP contribution is -2.47. The summed E-state index contributed by atoms with van der Waals surface area (Å²) < 4.78 is 5.13. The molecule has 1 rings (SSSR count). The summed E-state index contributed by atoms with van der Waals surface area (Å²) in [6, 6.07) is -0.0891. The maximum atomic E-state index is 9.20. The largest absolute Gasteiger partial charge is 0.400 e. The van der Waals surface area contributed by atoms with Crippen molar-refractivity contribution < 1.29 is 14.9 Å². The van der Waals surface area contributed by atoms with E-state index in [-0.39, 0.29) is 12.1 Å². The molecule has 3 atom stereocenters. The van der Waals surface area contributed by atoms with E-state index in [0.29, 0.717) is 6.61 Å². The van der Waals surface area contributed by atoms with Gasteiger partial charge in [0.2, 0.25) is 0 Å². The van der Waals surface area contributed by atoms with Crippen LogP contribution in [0.15, 0.2) is 0 Å². The van der Waals surface area contributed by atoms with Crippen molar-refractivity contribution in [3.8, 4) is 0 Å². The summed E-state index contributed by atoms with van der Waals surface area (Å²) in [6.07, 6.45) is 0.207. The molecule has 0 radical (unpaired) electrons. The summed E-state index contributed by atoms with van der Waals surface area (Å²) in [5, 5.41) is 16.2. The Morgan fingerprint density at radius 1 is 1.31 bits per heavy atom. The van der Waals surface area contributed by atoms with Crippen LogP contribution in [-0.2, 0) is 4.74 Å². The van der Waals surface area contributed by atoms with Gasteiger partial charge >= 0.3 is 0 Å². The lowest BCUT2D eigenvalue weighted by atomic mass is 10.0. The second kappa shape index (κ2) is 9.92. The minimum Gasteiger partial charge on any atom is -0.400 e. The van der Waals surface area contributed by atoms with Crippen LogP contribution in [0.4, 0.5) is 0 Å². The molecule has 0 saturated carbocycles. The third-order valence-corrected chi connectivity index (χ3v) is 1.75. The SMILES string of the molecule is CC.CC1OCCC(N)C1O.CO. The Morgan fingerprint density at radius 2 is 1.77 bits per heavy atom. The first-order chi connectivity index (χ1) is 6.22. The third-order valence-electron chi connectivity index (χ3n) is 1.75. The van der Waals surface area contributed by atoms with E-state index < -0.39 is 6.10 Å². The highest BCUT2D eigenvalue weighted by Gasteiger charge is 2.26. The summed E-state index contributed by atoms with van der Waals surface area (Å²) in [6.45, 7) is 6.52. The van der Waals surface area contributed by atoms with E-state index >= 15 is 0 Å². The normalized spacial score (nSPS) is 32.1. The fraction of sp³-hybridized carbons (Fsp3) is 1.00. The van der Waals surface area contributed by atoms with Gasteiger partial charge in [0.05, 0.1) is 12.2 Å². The maximum absolute atomic E-state index is 9.20. The smallest absolute Gasteiger partial charge is 0.0950 e. The van der Waals surface area contributed by atoms with Gasteiger partial charge in [0.15, 0.2) is 0 Å². The van der Waals surface area contributed by atoms with Crippen molar-refractivity contribution in [3.05, 3.63) is 0 Å². The van der Waals surface area contributed by atoms with Gasteiger partial charge in [0.1, 0.15) is 0 Å². The molecule has 0 aromatic heterocycles. The monoisotopic (exact) mass is 193 g/mol. The summed E-state index contributed by atoms with van der Waals surface area (Å²) in [5.41, 5.74) is 5.54. The molecule has 0 aromatic rings. The summed E-state index contributed by atoms with van der Waals surface area (Å²) in [4.78, 5) is 0. The van der Waals surface area contributed by atoms with Crippen molar-refractivity contribution in [2.24, 2.45) is 5.73 Å². The number of hydrogen-bond donors (Lipinski definition) is 3. The van der Waals surface area contributed by atoms with Crippen LogP contribution in [0.5, 0.6) is 0 Å². The highest BCUT2D eigenvalue weighted by molar-refractivity contribution is 4.80. The molecule has 0 amide bonds. The molecule has 1 aliphatic heterocycles. The zero-order valence-corrected chi connectivity index (χ0v) is 9.03.